The maximum atomic E-state index is 11.1. The van der Waals surface area contributed by atoms with Crippen molar-refractivity contribution in [2.45, 2.75) is 13.3 Å². The molecular formula is C12H16BrNO2. The van der Waals surface area contributed by atoms with Crippen LogP contribution in [0.25, 0.3) is 0 Å². The molecule has 0 fully saturated rings. The van der Waals surface area contributed by atoms with Crippen LogP contribution in [0.3, 0.4) is 0 Å². The largest absolute Gasteiger partial charge is 0.492 e. The highest BCUT2D eigenvalue weighted by molar-refractivity contribution is 9.09. The van der Waals surface area contributed by atoms with Crippen molar-refractivity contribution in [2.24, 2.45) is 0 Å². The SMILES string of the molecule is Cc1cccc(OCCNC(=O)CCBr)c1. The van der Waals surface area contributed by atoms with Crippen molar-refractivity contribution >= 4 is 21.8 Å². The van der Waals surface area contributed by atoms with E-state index in [0.717, 1.165) is 5.75 Å². The van der Waals surface area contributed by atoms with E-state index in [1.54, 1.807) is 0 Å². The Labute approximate surface area is 104 Å². The molecule has 0 atom stereocenters. The van der Waals surface area contributed by atoms with Gasteiger partial charge in [0.05, 0.1) is 6.54 Å². The predicted molar refractivity (Wildman–Crippen MR) is 68.1 cm³/mol. The van der Waals surface area contributed by atoms with Crippen LogP contribution >= 0.6 is 15.9 Å². The van der Waals surface area contributed by atoms with Gasteiger partial charge in [-0.15, -0.1) is 0 Å². The second-order valence-corrected chi connectivity index (χ2v) is 4.25. The zero-order valence-electron chi connectivity index (χ0n) is 9.33. The lowest BCUT2D eigenvalue weighted by Gasteiger charge is -2.07. The van der Waals surface area contributed by atoms with Crippen LogP contribution in [-0.2, 0) is 4.79 Å². The van der Waals surface area contributed by atoms with Crippen LogP contribution in [-0.4, -0.2) is 24.4 Å². The molecule has 1 aromatic carbocycles. The zero-order valence-corrected chi connectivity index (χ0v) is 10.9. The smallest absolute Gasteiger partial charge is 0.220 e. The van der Waals surface area contributed by atoms with E-state index in [1.165, 1.54) is 5.56 Å². The summed E-state index contributed by atoms with van der Waals surface area (Å²) in [4.78, 5) is 11.1. The van der Waals surface area contributed by atoms with E-state index in [2.05, 4.69) is 21.2 Å². The van der Waals surface area contributed by atoms with Crippen molar-refractivity contribution in [2.75, 3.05) is 18.5 Å². The van der Waals surface area contributed by atoms with Crippen molar-refractivity contribution < 1.29 is 9.53 Å². The molecule has 1 aromatic rings. The first-order chi connectivity index (χ1) is 7.72. The third-order valence-electron chi connectivity index (χ3n) is 2.00. The summed E-state index contributed by atoms with van der Waals surface area (Å²) in [6.07, 6.45) is 0.504. The molecule has 0 aromatic heterocycles. The van der Waals surface area contributed by atoms with Crippen molar-refractivity contribution in [1.29, 1.82) is 0 Å². The Hall–Kier alpha value is -1.03. The Morgan fingerprint density at radius 1 is 1.50 bits per heavy atom. The topological polar surface area (TPSA) is 38.3 Å². The van der Waals surface area contributed by atoms with Crippen LogP contribution < -0.4 is 10.1 Å². The predicted octanol–water partition coefficient (Wildman–Crippen LogP) is 2.28. The minimum atomic E-state index is 0.0460. The maximum Gasteiger partial charge on any atom is 0.220 e. The van der Waals surface area contributed by atoms with E-state index in [1.807, 2.05) is 31.2 Å². The molecule has 1 N–H and O–H groups in total. The van der Waals surface area contributed by atoms with E-state index >= 15 is 0 Å². The summed E-state index contributed by atoms with van der Waals surface area (Å²) in [6, 6.07) is 7.85. The van der Waals surface area contributed by atoms with Gasteiger partial charge in [0.1, 0.15) is 12.4 Å². The molecule has 0 aliphatic carbocycles. The van der Waals surface area contributed by atoms with Gasteiger partial charge in [0, 0.05) is 11.8 Å². The fourth-order valence-electron chi connectivity index (χ4n) is 1.24. The van der Waals surface area contributed by atoms with Crippen molar-refractivity contribution in [3.05, 3.63) is 29.8 Å². The molecule has 0 saturated carbocycles. The van der Waals surface area contributed by atoms with E-state index in [-0.39, 0.29) is 5.91 Å². The highest BCUT2D eigenvalue weighted by Gasteiger charge is 1.98. The van der Waals surface area contributed by atoms with E-state index in [9.17, 15) is 4.79 Å². The number of hydrogen-bond donors (Lipinski definition) is 1. The van der Waals surface area contributed by atoms with Crippen LogP contribution in [0.4, 0.5) is 0 Å². The molecule has 0 aliphatic rings. The molecule has 16 heavy (non-hydrogen) atoms. The first-order valence-corrected chi connectivity index (χ1v) is 6.36. The first kappa shape index (κ1) is 13.0. The highest BCUT2D eigenvalue weighted by atomic mass is 79.9. The lowest BCUT2D eigenvalue weighted by atomic mass is 10.2. The minimum absolute atomic E-state index is 0.0460. The van der Waals surface area contributed by atoms with Crippen LogP contribution in [0.5, 0.6) is 5.75 Å². The lowest BCUT2D eigenvalue weighted by Crippen LogP contribution is -2.28. The number of benzene rings is 1. The van der Waals surface area contributed by atoms with Gasteiger partial charge in [-0.2, -0.15) is 0 Å². The van der Waals surface area contributed by atoms with Crippen molar-refractivity contribution in [3.8, 4) is 5.75 Å². The molecule has 3 nitrogen and oxygen atoms in total. The van der Waals surface area contributed by atoms with Crippen LogP contribution in [0, 0.1) is 6.92 Å². The van der Waals surface area contributed by atoms with Gasteiger partial charge in [0.15, 0.2) is 0 Å². The Kier molecular flexibility index (Phi) is 5.93. The number of hydrogen-bond acceptors (Lipinski definition) is 2. The van der Waals surface area contributed by atoms with E-state index < -0.39 is 0 Å². The molecule has 1 amide bonds. The average molecular weight is 286 g/mol. The molecule has 1 rings (SSSR count). The Bertz CT molecular complexity index is 342. The molecule has 88 valence electrons. The van der Waals surface area contributed by atoms with E-state index in [4.69, 9.17) is 4.74 Å². The summed E-state index contributed by atoms with van der Waals surface area (Å²) < 4.78 is 5.49. The van der Waals surface area contributed by atoms with Crippen molar-refractivity contribution in [3.63, 3.8) is 0 Å². The molecule has 0 spiro atoms. The average Bonchev–Trinajstić information content (AvgIpc) is 2.25. The number of halogens is 1. The number of nitrogens with one attached hydrogen (secondary N) is 1. The number of alkyl halides is 1. The number of amides is 1. The monoisotopic (exact) mass is 285 g/mol. The zero-order chi connectivity index (χ0) is 11.8. The second-order valence-electron chi connectivity index (χ2n) is 3.45. The highest BCUT2D eigenvalue weighted by Crippen LogP contribution is 2.11. The maximum absolute atomic E-state index is 11.1. The normalized spacial score (nSPS) is 9.88. The van der Waals surface area contributed by atoms with Crippen molar-refractivity contribution in [1.82, 2.24) is 5.32 Å². The number of carbonyl (C=O) groups excluding carboxylic acids is 1. The summed E-state index contributed by atoms with van der Waals surface area (Å²) in [5, 5.41) is 3.47. The molecule has 4 heteroatoms. The molecule has 0 unspecified atom stereocenters. The molecule has 0 saturated heterocycles. The van der Waals surface area contributed by atoms with Gasteiger partial charge in [-0.1, -0.05) is 28.1 Å². The second kappa shape index (κ2) is 7.28. The Morgan fingerprint density at radius 3 is 3.00 bits per heavy atom. The number of ether oxygens (including phenoxy) is 1. The quantitative estimate of drug-likeness (QED) is 0.643. The summed E-state index contributed by atoms with van der Waals surface area (Å²) in [7, 11) is 0. The summed E-state index contributed by atoms with van der Waals surface area (Å²) in [5.41, 5.74) is 1.17. The van der Waals surface area contributed by atoms with Gasteiger partial charge in [0.2, 0.25) is 5.91 Å². The molecule has 0 bridgehead atoms. The minimum Gasteiger partial charge on any atom is -0.492 e. The Morgan fingerprint density at radius 2 is 2.31 bits per heavy atom. The first-order valence-electron chi connectivity index (χ1n) is 5.24. The lowest BCUT2D eigenvalue weighted by molar-refractivity contribution is -0.120. The van der Waals surface area contributed by atoms with E-state index in [0.29, 0.717) is 24.9 Å². The fourth-order valence-corrected chi connectivity index (χ4v) is 1.60. The summed E-state index contributed by atoms with van der Waals surface area (Å²) in [5.74, 6) is 0.888. The standard InChI is InChI=1S/C12H16BrNO2/c1-10-3-2-4-11(9-10)16-8-7-14-12(15)5-6-13/h2-4,9H,5-8H2,1H3,(H,14,15). The number of rotatable bonds is 6. The van der Waals surface area contributed by atoms with Gasteiger partial charge in [-0.05, 0) is 24.6 Å². The fraction of sp³-hybridized carbons (Fsp3) is 0.417. The van der Waals surface area contributed by atoms with Crippen LogP contribution in [0.1, 0.15) is 12.0 Å². The van der Waals surface area contributed by atoms with Gasteiger partial charge < -0.3 is 10.1 Å². The van der Waals surface area contributed by atoms with Gasteiger partial charge in [-0.25, -0.2) is 0 Å². The van der Waals surface area contributed by atoms with Crippen LogP contribution in [0.15, 0.2) is 24.3 Å². The summed E-state index contributed by atoms with van der Waals surface area (Å²) in [6.45, 7) is 3.06. The number of aryl methyl sites for hydroxylation is 1. The third kappa shape index (κ3) is 5.16. The van der Waals surface area contributed by atoms with Gasteiger partial charge in [-0.3, -0.25) is 4.79 Å². The third-order valence-corrected chi connectivity index (χ3v) is 2.40. The van der Waals surface area contributed by atoms with Crippen LogP contribution in [0.2, 0.25) is 0 Å². The van der Waals surface area contributed by atoms with Gasteiger partial charge >= 0.3 is 0 Å². The molecular weight excluding hydrogens is 270 g/mol. The molecule has 0 radical (unpaired) electrons. The molecule has 0 heterocycles. The Balaban J connectivity index is 2.18. The number of carbonyl (C=O) groups is 1. The summed E-state index contributed by atoms with van der Waals surface area (Å²) >= 11 is 3.21. The van der Waals surface area contributed by atoms with Gasteiger partial charge in [0.25, 0.3) is 0 Å². The molecule has 0 aliphatic heterocycles.